The fraction of sp³-hybridized carbons (Fsp3) is 0.500. The van der Waals surface area contributed by atoms with Crippen LogP contribution in [0, 0.1) is 5.92 Å². The van der Waals surface area contributed by atoms with E-state index in [9.17, 15) is 9.59 Å². The van der Waals surface area contributed by atoms with Crippen molar-refractivity contribution in [2.75, 3.05) is 18.4 Å². The van der Waals surface area contributed by atoms with E-state index in [0.717, 1.165) is 30.1 Å². The van der Waals surface area contributed by atoms with Crippen molar-refractivity contribution in [3.05, 3.63) is 23.8 Å². The molecule has 0 radical (unpaired) electrons. The Kier molecular flexibility index (Phi) is 4.40. The molecule has 0 saturated carbocycles. The van der Waals surface area contributed by atoms with Crippen molar-refractivity contribution in [3.63, 3.8) is 0 Å². The van der Waals surface area contributed by atoms with Gasteiger partial charge in [0.15, 0.2) is 0 Å². The first kappa shape index (κ1) is 15.4. The number of nitrogens with one attached hydrogen (secondary N) is 3. The highest BCUT2D eigenvalue weighted by atomic mass is 32.2. The molecule has 3 unspecified atom stereocenters. The molecular weight excluding hydrogens is 298 g/mol. The van der Waals surface area contributed by atoms with Gasteiger partial charge in [-0.25, -0.2) is 0 Å². The summed E-state index contributed by atoms with van der Waals surface area (Å²) in [6.45, 7) is 5.88. The number of amides is 2. The lowest BCUT2D eigenvalue weighted by Gasteiger charge is -2.30. The molecule has 0 aliphatic carbocycles. The van der Waals surface area contributed by atoms with Crippen molar-refractivity contribution < 1.29 is 9.59 Å². The molecule has 1 aromatic carbocycles. The van der Waals surface area contributed by atoms with Gasteiger partial charge in [-0.2, -0.15) is 0 Å². The fourth-order valence-electron chi connectivity index (χ4n) is 2.83. The van der Waals surface area contributed by atoms with Gasteiger partial charge in [-0.15, -0.1) is 11.8 Å². The van der Waals surface area contributed by atoms with Crippen LogP contribution in [0.15, 0.2) is 23.1 Å². The van der Waals surface area contributed by atoms with Crippen molar-refractivity contribution in [2.45, 2.75) is 36.5 Å². The summed E-state index contributed by atoms with van der Waals surface area (Å²) in [6.07, 6.45) is 0.946. The Morgan fingerprint density at radius 2 is 2.18 bits per heavy atom. The van der Waals surface area contributed by atoms with Gasteiger partial charge in [0.05, 0.1) is 10.9 Å². The Balaban J connectivity index is 1.73. The molecule has 5 nitrogen and oxygen atoms in total. The summed E-state index contributed by atoms with van der Waals surface area (Å²) in [5.41, 5.74) is 1.33. The molecule has 1 fully saturated rings. The van der Waals surface area contributed by atoms with E-state index >= 15 is 0 Å². The number of fused-ring (bicyclic) bond motifs is 1. The number of hydrogen-bond acceptors (Lipinski definition) is 4. The van der Waals surface area contributed by atoms with Gasteiger partial charge >= 0.3 is 0 Å². The third-order valence-corrected chi connectivity index (χ3v) is 5.45. The van der Waals surface area contributed by atoms with Gasteiger partial charge in [0, 0.05) is 16.5 Å². The van der Waals surface area contributed by atoms with Crippen LogP contribution in [0.5, 0.6) is 0 Å². The predicted molar refractivity (Wildman–Crippen MR) is 88.3 cm³/mol. The molecule has 2 aliphatic heterocycles. The largest absolute Gasteiger partial charge is 0.349 e. The lowest BCUT2D eigenvalue weighted by atomic mass is 9.95. The van der Waals surface area contributed by atoms with E-state index in [2.05, 4.69) is 22.9 Å². The molecule has 6 heteroatoms. The zero-order chi connectivity index (χ0) is 15.7. The topological polar surface area (TPSA) is 70.2 Å². The number of thioether (sulfide) groups is 1. The first-order valence-corrected chi connectivity index (χ1v) is 8.55. The van der Waals surface area contributed by atoms with Crippen LogP contribution in [0.3, 0.4) is 0 Å². The third-order valence-electron chi connectivity index (χ3n) is 4.27. The molecule has 3 rings (SSSR count). The molecule has 1 aromatic rings. The summed E-state index contributed by atoms with van der Waals surface area (Å²) in [5.74, 6) is 0.341. The second-order valence-corrected chi connectivity index (χ2v) is 7.39. The number of carbonyl (C=O) groups excluding carboxylic acids is 2. The minimum absolute atomic E-state index is 0.0120. The minimum Gasteiger partial charge on any atom is -0.349 e. The number of rotatable bonds is 2. The van der Waals surface area contributed by atoms with Crippen molar-refractivity contribution in [3.8, 4) is 0 Å². The van der Waals surface area contributed by atoms with Crippen LogP contribution in [0.2, 0.25) is 0 Å². The normalized spacial score (nSPS) is 27.7. The maximum Gasteiger partial charge on any atom is 0.251 e. The van der Waals surface area contributed by atoms with E-state index in [1.807, 2.05) is 19.1 Å². The molecule has 3 N–H and O–H groups in total. The number of carbonyl (C=O) groups is 2. The summed E-state index contributed by atoms with van der Waals surface area (Å²) < 4.78 is 0. The highest BCUT2D eigenvalue weighted by Crippen LogP contribution is 2.35. The Labute approximate surface area is 134 Å². The van der Waals surface area contributed by atoms with E-state index in [0.29, 0.717) is 11.5 Å². The van der Waals surface area contributed by atoms with Gasteiger partial charge in [0.1, 0.15) is 0 Å². The molecular formula is C16H21N3O2S. The van der Waals surface area contributed by atoms with E-state index in [-0.39, 0.29) is 23.1 Å². The molecule has 22 heavy (non-hydrogen) atoms. The second-order valence-electron chi connectivity index (χ2n) is 6.01. The third kappa shape index (κ3) is 3.13. The van der Waals surface area contributed by atoms with Gasteiger partial charge < -0.3 is 16.0 Å². The molecule has 0 spiro atoms. The maximum atomic E-state index is 12.4. The van der Waals surface area contributed by atoms with Crippen LogP contribution in [-0.4, -0.2) is 36.2 Å². The molecule has 118 valence electrons. The van der Waals surface area contributed by atoms with E-state index in [4.69, 9.17) is 0 Å². The first-order chi connectivity index (χ1) is 10.5. The fourth-order valence-corrected chi connectivity index (χ4v) is 3.76. The average molecular weight is 319 g/mol. The summed E-state index contributed by atoms with van der Waals surface area (Å²) in [6, 6.07) is 5.72. The monoisotopic (exact) mass is 319 g/mol. The lowest BCUT2D eigenvalue weighted by Crippen LogP contribution is -2.48. The summed E-state index contributed by atoms with van der Waals surface area (Å²) in [5, 5.41) is 9.21. The minimum atomic E-state index is -0.0947. The number of hydrogen-bond donors (Lipinski definition) is 3. The molecule has 2 amide bonds. The van der Waals surface area contributed by atoms with Crippen LogP contribution in [-0.2, 0) is 4.79 Å². The standard InChI is InChI=1S/C16H21N3O2S/c1-9-8-17-6-5-12(9)18-16(21)11-3-4-14-13(7-11)19-15(20)10(2)22-14/h3-4,7,9-10,12,17H,5-6,8H2,1-2H3,(H,18,21)(H,19,20). The predicted octanol–water partition coefficient (Wildman–Crippen LogP) is 1.85. The Hall–Kier alpha value is -1.53. The van der Waals surface area contributed by atoms with E-state index in [1.54, 1.807) is 6.07 Å². The Bertz CT molecular complexity index is 605. The SMILES string of the molecule is CC1Sc2ccc(C(=O)NC3CCNCC3C)cc2NC1=O. The van der Waals surface area contributed by atoms with Crippen molar-refractivity contribution in [1.82, 2.24) is 10.6 Å². The highest BCUT2D eigenvalue weighted by molar-refractivity contribution is 8.00. The van der Waals surface area contributed by atoms with Crippen molar-refractivity contribution >= 4 is 29.3 Å². The lowest BCUT2D eigenvalue weighted by molar-refractivity contribution is -0.115. The Morgan fingerprint density at radius 3 is 2.95 bits per heavy atom. The molecule has 0 aromatic heterocycles. The second kappa shape index (κ2) is 6.30. The van der Waals surface area contributed by atoms with Crippen LogP contribution in [0.25, 0.3) is 0 Å². The van der Waals surface area contributed by atoms with E-state index in [1.165, 1.54) is 11.8 Å². The van der Waals surface area contributed by atoms with Crippen LogP contribution in [0.4, 0.5) is 5.69 Å². The summed E-state index contributed by atoms with van der Waals surface area (Å²) in [7, 11) is 0. The van der Waals surface area contributed by atoms with Crippen LogP contribution < -0.4 is 16.0 Å². The van der Waals surface area contributed by atoms with Gasteiger partial charge in [0.25, 0.3) is 5.91 Å². The quantitative estimate of drug-likeness (QED) is 0.778. The van der Waals surface area contributed by atoms with Gasteiger partial charge in [0.2, 0.25) is 5.91 Å². The summed E-state index contributed by atoms with van der Waals surface area (Å²) >= 11 is 1.52. The molecule has 1 saturated heterocycles. The van der Waals surface area contributed by atoms with Gasteiger partial charge in [-0.3, -0.25) is 9.59 Å². The zero-order valence-corrected chi connectivity index (χ0v) is 13.6. The molecule has 2 aliphatic rings. The number of anilines is 1. The first-order valence-electron chi connectivity index (χ1n) is 7.68. The number of benzene rings is 1. The Morgan fingerprint density at radius 1 is 1.36 bits per heavy atom. The maximum absolute atomic E-state index is 12.4. The molecule has 2 heterocycles. The molecule has 3 atom stereocenters. The number of piperidine rings is 1. The average Bonchev–Trinajstić information content (AvgIpc) is 2.50. The van der Waals surface area contributed by atoms with Gasteiger partial charge in [-0.05, 0) is 50.6 Å². The zero-order valence-electron chi connectivity index (χ0n) is 12.8. The van der Waals surface area contributed by atoms with E-state index < -0.39 is 0 Å². The van der Waals surface area contributed by atoms with Crippen LogP contribution in [0.1, 0.15) is 30.6 Å². The van der Waals surface area contributed by atoms with Crippen LogP contribution >= 0.6 is 11.8 Å². The smallest absolute Gasteiger partial charge is 0.251 e. The highest BCUT2D eigenvalue weighted by Gasteiger charge is 2.26. The van der Waals surface area contributed by atoms with Crippen molar-refractivity contribution in [2.24, 2.45) is 5.92 Å². The molecule has 0 bridgehead atoms. The van der Waals surface area contributed by atoms with Crippen molar-refractivity contribution in [1.29, 1.82) is 0 Å². The summed E-state index contributed by atoms with van der Waals surface area (Å²) in [4.78, 5) is 25.2. The van der Waals surface area contributed by atoms with Gasteiger partial charge in [-0.1, -0.05) is 6.92 Å².